The molecule has 0 aliphatic carbocycles. The number of rotatable bonds is 3. The summed E-state index contributed by atoms with van der Waals surface area (Å²) in [7, 11) is 0. The molecule has 2 aromatic heterocycles. The summed E-state index contributed by atoms with van der Waals surface area (Å²) in [5.74, 6) is 5.14. The van der Waals surface area contributed by atoms with Crippen LogP contribution in [0.5, 0.6) is 0 Å². The van der Waals surface area contributed by atoms with Crippen LogP contribution in [0.4, 0.5) is 13.2 Å². The fraction of sp³-hybridized carbons (Fsp3) is 0.346. The van der Waals surface area contributed by atoms with Crippen molar-refractivity contribution in [3.05, 3.63) is 63.1 Å². The van der Waals surface area contributed by atoms with E-state index in [2.05, 4.69) is 28.3 Å². The number of alkyl halides is 3. The molecule has 1 aromatic carbocycles. The summed E-state index contributed by atoms with van der Waals surface area (Å²) < 4.78 is 43.0. The van der Waals surface area contributed by atoms with Crippen LogP contribution >= 0.6 is 11.3 Å². The number of nitriles is 1. The van der Waals surface area contributed by atoms with Gasteiger partial charge in [0.1, 0.15) is 10.9 Å². The van der Waals surface area contributed by atoms with E-state index in [1.165, 1.54) is 22.2 Å². The fourth-order valence-corrected chi connectivity index (χ4v) is 5.60. The van der Waals surface area contributed by atoms with Gasteiger partial charge in [-0.25, -0.2) is 0 Å². The molecule has 0 bridgehead atoms. The summed E-state index contributed by atoms with van der Waals surface area (Å²) in [6.45, 7) is 4.11. The van der Waals surface area contributed by atoms with Gasteiger partial charge in [0.2, 0.25) is 0 Å². The van der Waals surface area contributed by atoms with Crippen molar-refractivity contribution in [2.24, 2.45) is 5.92 Å². The van der Waals surface area contributed by atoms with E-state index in [0.29, 0.717) is 29.1 Å². The van der Waals surface area contributed by atoms with Gasteiger partial charge in [0.05, 0.1) is 6.54 Å². The number of hydrogen-bond donors (Lipinski definition) is 1. The van der Waals surface area contributed by atoms with E-state index in [0.717, 1.165) is 23.5 Å². The number of carbonyl (C=O) groups is 1. The molecule has 2 aliphatic rings. The smallest absolute Gasteiger partial charge is 0.326 e. The van der Waals surface area contributed by atoms with Crippen LogP contribution in [0.2, 0.25) is 0 Å². The average molecular weight is 510 g/mol. The number of fused-ring (bicyclic) bond motifs is 1. The molecule has 1 saturated heterocycles. The molecule has 1 fully saturated rings. The van der Waals surface area contributed by atoms with Crippen molar-refractivity contribution < 1.29 is 18.0 Å². The van der Waals surface area contributed by atoms with E-state index in [9.17, 15) is 23.2 Å². The first-order valence-corrected chi connectivity index (χ1v) is 12.4. The Labute approximate surface area is 210 Å². The Kier molecular flexibility index (Phi) is 6.33. The Hall–Kier alpha value is -3.60. The van der Waals surface area contributed by atoms with Crippen molar-refractivity contribution in [1.82, 2.24) is 20.0 Å². The number of nitrogens with one attached hydrogen (secondary N) is 1. The highest BCUT2D eigenvalue weighted by molar-refractivity contribution is 7.12. The average Bonchev–Trinajstić information content (AvgIpc) is 3.46. The molecule has 1 amide bonds. The lowest BCUT2D eigenvalue weighted by Crippen LogP contribution is -2.41. The molecule has 1 atom stereocenters. The van der Waals surface area contributed by atoms with Crippen LogP contribution in [0.3, 0.4) is 0 Å². The molecule has 2 aliphatic heterocycles. The van der Waals surface area contributed by atoms with Crippen LogP contribution in [0.1, 0.15) is 39.4 Å². The number of carbonyl (C=O) groups excluding carboxylic acids is 1. The second kappa shape index (κ2) is 9.45. The van der Waals surface area contributed by atoms with Gasteiger partial charge in [0, 0.05) is 54.7 Å². The number of hydrogen-bond acceptors (Lipinski definition) is 5. The molecule has 184 valence electrons. The van der Waals surface area contributed by atoms with Crippen molar-refractivity contribution >= 4 is 17.2 Å². The fourth-order valence-electron chi connectivity index (χ4n) is 4.56. The monoisotopic (exact) mass is 509 g/mol. The van der Waals surface area contributed by atoms with Crippen molar-refractivity contribution in [3.8, 4) is 29.0 Å². The van der Waals surface area contributed by atoms with E-state index in [1.54, 1.807) is 42.2 Å². The van der Waals surface area contributed by atoms with E-state index < -0.39 is 17.8 Å². The molecule has 1 N–H and O–H groups in total. The highest BCUT2D eigenvalue weighted by Gasteiger charge is 2.39. The van der Waals surface area contributed by atoms with Crippen LogP contribution in [-0.2, 0) is 24.1 Å². The van der Waals surface area contributed by atoms with Crippen LogP contribution in [-0.4, -0.2) is 40.2 Å². The minimum Gasteiger partial charge on any atom is -0.326 e. The first-order chi connectivity index (χ1) is 17.3. The Bertz CT molecular complexity index is 1420. The van der Waals surface area contributed by atoms with E-state index in [-0.39, 0.29) is 23.9 Å². The third-order valence-corrected chi connectivity index (χ3v) is 7.54. The van der Waals surface area contributed by atoms with E-state index in [1.807, 2.05) is 0 Å². The third-order valence-electron chi connectivity index (χ3n) is 6.50. The quantitative estimate of drug-likeness (QED) is 0.537. The van der Waals surface area contributed by atoms with E-state index in [4.69, 9.17) is 0 Å². The summed E-state index contributed by atoms with van der Waals surface area (Å²) in [6, 6.07) is 10.9. The van der Waals surface area contributed by atoms with Gasteiger partial charge in [-0.3, -0.25) is 9.48 Å². The second-order valence-electron chi connectivity index (χ2n) is 8.80. The zero-order valence-corrected chi connectivity index (χ0v) is 20.2. The maximum Gasteiger partial charge on any atom is 0.435 e. The lowest BCUT2D eigenvalue weighted by atomic mass is 9.83. The first kappa shape index (κ1) is 24.1. The molecule has 0 saturated carbocycles. The maximum absolute atomic E-state index is 13.9. The van der Waals surface area contributed by atoms with Crippen LogP contribution in [0, 0.1) is 29.1 Å². The largest absolute Gasteiger partial charge is 0.435 e. The van der Waals surface area contributed by atoms with Crippen molar-refractivity contribution in [2.75, 3.05) is 19.6 Å². The molecule has 0 radical (unpaired) electrons. The standard InChI is InChI=1S/C26H22F3N5OS/c1-2-34-14-22(25(32-34)26(27,28)29)19-6-4-3-5-18(19)21-13-33(24(35)8-7-16-11-31-12-16)15-23-20(21)9-17(10-30)36-23/h3-6,9,14,16,21,31H,2,11-13,15H2,1H3/t21-/m0/s1. The molecule has 36 heavy (non-hydrogen) atoms. The van der Waals surface area contributed by atoms with Gasteiger partial charge in [0.15, 0.2) is 5.69 Å². The van der Waals surface area contributed by atoms with Crippen LogP contribution < -0.4 is 5.32 Å². The minimum absolute atomic E-state index is 0.00189. The summed E-state index contributed by atoms with van der Waals surface area (Å²) >= 11 is 1.30. The molecule has 4 heterocycles. The van der Waals surface area contributed by atoms with Gasteiger partial charge in [-0.1, -0.05) is 30.2 Å². The SMILES string of the molecule is CCn1cc(-c2ccccc2[C@@H]2CN(C(=O)C#CC3CNC3)Cc3sc(C#N)cc32)c(C(F)(F)F)n1. The lowest BCUT2D eigenvalue weighted by Gasteiger charge is -2.33. The molecule has 0 spiro atoms. The Morgan fingerprint density at radius 3 is 2.69 bits per heavy atom. The molecule has 6 nitrogen and oxygen atoms in total. The number of aryl methyl sites for hydroxylation is 1. The number of aromatic nitrogens is 2. The van der Waals surface area contributed by atoms with Crippen LogP contribution in [0.25, 0.3) is 11.1 Å². The van der Waals surface area contributed by atoms with Gasteiger partial charge >= 0.3 is 6.18 Å². The summed E-state index contributed by atoms with van der Waals surface area (Å²) in [4.78, 5) is 16.0. The Morgan fingerprint density at radius 1 is 1.25 bits per heavy atom. The van der Waals surface area contributed by atoms with Crippen molar-refractivity contribution in [3.63, 3.8) is 0 Å². The van der Waals surface area contributed by atoms with Gasteiger partial charge < -0.3 is 10.2 Å². The number of halogens is 3. The molecule has 3 aromatic rings. The Morgan fingerprint density at radius 2 is 2.03 bits per heavy atom. The molecule has 0 unspecified atom stereocenters. The summed E-state index contributed by atoms with van der Waals surface area (Å²) in [5.41, 5.74) is 0.976. The minimum atomic E-state index is -4.62. The highest BCUT2D eigenvalue weighted by Crippen LogP contribution is 2.44. The lowest BCUT2D eigenvalue weighted by molar-refractivity contribution is -0.141. The number of nitrogens with zero attached hydrogens (tertiary/aromatic N) is 4. The second-order valence-corrected chi connectivity index (χ2v) is 9.93. The predicted octanol–water partition coefficient (Wildman–Crippen LogP) is 4.22. The number of amides is 1. The number of thiophene rings is 1. The molecular weight excluding hydrogens is 487 g/mol. The molecule has 10 heteroatoms. The zero-order chi connectivity index (χ0) is 25.4. The topological polar surface area (TPSA) is 74.0 Å². The first-order valence-electron chi connectivity index (χ1n) is 11.6. The van der Waals surface area contributed by atoms with Gasteiger partial charge in [-0.2, -0.15) is 23.5 Å². The number of benzene rings is 1. The van der Waals surface area contributed by atoms with Gasteiger partial charge in [-0.05, 0) is 35.6 Å². The van der Waals surface area contributed by atoms with E-state index >= 15 is 0 Å². The Balaban J connectivity index is 1.59. The van der Waals surface area contributed by atoms with Crippen LogP contribution in [0.15, 0.2) is 36.5 Å². The summed E-state index contributed by atoms with van der Waals surface area (Å²) in [5, 5.41) is 16.4. The zero-order valence-electron chi connectivity index (χ0n) is 19.4. The molecular formula is C26H22F3N5OS. The normalized spacial score (nSPS) is 17.5. The van der Waals surface area contributed by atoms with Crippen molar-refractivity contribution in [1.29, 1.82) is 5.26 Å². The highest BCUT2D eigenvalue weighted by atomic mass is 32.1. The van der Waals surface area contributed by atoms with Gasteiger partial charge in [0.25, 0.3) is 5.91 Å². The maximum atomic E-state index is 13.9. The molecule has 5 rings (SSSR count). The third kappa shape index (κ3) is 4.50. The van der Waals surface area contributed by atoms with Crippen molar-refractivity contribution in [2.45, 2.75) is 32.1 Å². The summed E-state index contributed by atoms with van der Waals surface area (Å²) in [6.07, 6.45) is -3.20. The predicted molar refractivity (Wildman–Crippen MR) is 129 cm³/mol. The van der Waals surface area contributed by atoms with Gasteiger partial charge in [-0.15, -0.1) is 11.3 Å².